The maximum absolute atomic E-state index is 12.2. The van der Waals surface area contributed by atoms with Gasteiger partial charge < -0.3 is 10.4 Å². The predicted octanol–water partition coefficient (Wildman–Crippen LogP) is 2.56. The highest BCUT2D eigenvalue weighted by Gasteiger charge is 2.17. The third kappa shape index (κ3) is 3.03. The summed E-state index contributed by atoms with van der Waals surface area (Å²) >= 11 is 0. The smallest absolute Gasteiger partial charge is 0.325 e. The summed E-state index contributed by atoms with van der Waals surface area (Å²) in [6, 6.07) is 15.7. The largest absolute Gasteiger partial charge is 0.480 e. The van der Waals surface area contributed by atoms with E-state index < -0.39 is 12.0 Å². The molecule has 4 nitrogen and oxygen atoms in total. The molecule has 2 aromatic carbocycles. The first-order chi connectivity index (χ1) is 9.59. The van der Waals surface area contributed by atoms with Crippen molar-refractivity contribution in [2.24, 2.45) is 0 Å². The SMILES string of the molecule is CC(NC(=O)c1ccccc1-c1ccccc1)C(=O)O. The quantitative estimate of drug-likeness (QED) is 0.896. The summed E-state index contributed by atoms with van der Waals surface area (Å²) in [5, 5.41) is 11.3. The molecular weight excluding hydrogens is 254 g/mol. The molecule has 2 N–H and O–H groups in total. The fourth-order valence-corrected chi connectivity index (χ4v) is 1.89. The zero-order valence-corrected chi connectivity index (χ0v) is 11.0. The van der Waals surface area contributed by atoms with Crippen LogP contribution in [0.2, 0.25) is 0 Å². The number of hydrogen-bond acceptors (Lipinski definition) is 2. The Morgan fingerprint density at radius 3 is 2.25 bits per heavy atom. The molecule has 0 fully saturated rings. The van der Waals surface area contributed by atoms with Gasteiger partial charge in [-0.3, -0.25) is 9.59 Å². The van der Waals surface area contributed by atoms with E-state index in [1.165, 1.54) is 6.92 Å². The Bertz CT molecular complexity index is 623. The van der Waals surface area contributed by atoms with Crippen molar-refractivity contribution in [1.82, 2.24) is 5.32 Å². The van der Waals surface area contributed by atoms with Crippen molar-refractivity contribution in [2.45, 2.75) is 13.0 Å². The maximum Gasteiger partial charge on any atom is 0.325 e. The van der Waals surface area contributed by atoms with Crippen LogP contribution in [0.25, 0.3) is 11.1 Å². The number of carboxylic acid groups (broad SMARTS) is 1. The first kappa shape index (κ1) is 13.8. The molecule has 1 amide bonds. The van der Waals surface area contributed by atoms with E-state index in [0.29, 0.717) is 5.56 Å². The van der Waals surface area contributed by atoms with Gasteiger partial charge in [0.2, 0.25) is 0 Å². The van der Waals surface area contributed by atoms with Crippen LogP contribution in [0, 0.1) is 0 Å². The number of rotatable bonds is 4. The van der Waals surface area contributed by atoms with E-state index in [2.05, 4.69) is 5.32 Å². The van der Waals surface area contributed by atoms with Crippen molar-refractivity contribution in [3.8, 4) is 11.1 Å². The molecule has 102 valence electrons. The topological polar surface area (TPSA) is 66.4 Å². The molecule has 2 rings (SSSR count). The van der Waals surface area contributed by atoms with Crippen LogP contribution in [-0.4, -0.2) is 23.0 Å². The van der Waals surface area contributed by atoms with Gasteiger partial charge in [0, 0.05) is 5.56 Å². The van der Waals surface area contributed by atoms with Gasteiger partial charge in [-0.05, 0) is 24.1 Å². The van der Waals surface area contributed by atoms with E-state index in [9.17, 15) is 9.59 Å². The van der Waals surface area contributed by atoms with Crippen LogP contribution >= 0.6 is 0 Å². The van der Waals surface area contributed by atoms with Gasteiger partial charge in [0.1, 0.15) is 6.04 Å². The van der Waals surface area contributed by atoms with Crippen LogP contribution < -0.4 is 5.32 Å². The number of carbonyl (C=O) groups excluding carboxylic acids is 1. The average Bonchev–Trinajstić information content (AvgIpc) is 2.48. The van der Waals surface area contributed by atoms with Crippen molar-refractivity contribution >= 4 is 11.9 Å². The number of amides is 1. The first-order valence-electron chi connectivity index (χ1n) is 6.27. The molecule has 0 saturated carbocycles. The molecule has 0 heterocycles. The molecule has 20 heavy (non-hydrogen) atoms. The highest BCUT2D eigenvalue weighted by molar-refractivity contribution is 6.02. The molecule has 1 unspecified atom stereocenters. The molecule has 0 bridgehead atoms. The summed E-state index contributed by atoms with van der Waals surface area (Å²) in [5.74, 6) is -1.45. The van der Waals surface area contributed by atoms with Crippen molar-refractivity contribution in [3.05, 3.63) is 60.2 Å². The fourth-order valence-electron chi connectivity index (χ4n) is 1.89. The van der Waals surface area contributed by atoms with Crippen LogP contribution in [0.1, 0.15) is 17.3 Å². The Hall–Kier alpha value is -2.62. The van der Waals surface area contributed by atoms with Crippen molar-refractivity contribution < 1.29 is 14.7 Å². The summed E-state index contributed by atoms with van der Waals surface area (Å²) in [6.45, 7) is 1.44. The maximum atomic E-state index is 12.2. The third-order valence-electron chi connectivity index (χ3n) is 2.97. The second kappa shape index (κ2) is 6.02. The number of aliphatic carboxylic acids is 1. The number of benzene rings is 2. The Morgan fingerprint density at radius 2 is 1.60 bits per heavy atom. The molecule has 0 aliphatic rings. The minimum Gasteiger partial charge on any atom is -0.480 e. The van der Waals surface area contributed by atoms with Gasteiger partial charge in [-0.15, -0.1) is 0 Å². The van der Waals surface area contributed by atoms with E-state index in [-0.39, 0.29) is 5.91 Å². The average molecular weight is 269 g/mol. The van der Waals surface area contributed by atoms with Gasteiger partial charge in [0.15, 0.2) is 0 Å². The minimum atomic E-state index is -1.06. The summed E-state index contributed by atoms with van der Waals surface area (Å²) in [6.07, 6.45) is 0. The van der Waals surface area contributed by atoms with Crippen molar-refractivity contribution in [1.29, 1.82) is 0 Å². The van der Waals surface area contributed by atoms with Crippen molar-refractivity contribution in [2.75, 3.05) is 0 Å². The molecule has 0 aromatic heterocycles. The molecule has 0 spiro atoms. The van der Waals surface area contributed by atoms with Crippen LogP contribution in [-0.2, 0) is 4.79 Å². The van der Waals surface area contributed by atoms with E-state index in [1.54, 1.807) is 12.1 Å². The highest BCUT2D eigenvalue weighted by Crippen LogP contribution is 2.23. The number of carboxylic acids is 1. The normalized spacial score (nSPS) is 11.7. The van der Waals surface area contributed by atoms with Crippen LogP contribution in [0.5, 0.6) is 0 Å². The minimum absolute atomic E-state index is 0.389. The van der Waals surface area contributed by atoms with Gasteiger partial charge in [0.05, 0.1) is 0 Å². The molecule has 2 aromatic rings. The second-order valence-corrected chi connectivity index (χ2v) is 4.44. The standard InChI is InChI=1S/C16H15NO3/c1-11(16(19)20)17-15(18)14-10-6-5-9-13(14)12-7-3-2-4-8-12/h2-11H,1H3,(H,17,18)(H,19,20). The zero-order chi connectivity index (χ0) is 14.5. The molecule has 0 aliphatic carbocycles. The lowest BCUT2D eigenvalue weighted by molar-refractivity contribution is -0.138. The van der Waals surface area contributed by atoms with Crippen LogP contribution in [0.3, 0.4) is 0 Å². The van der Waals surface area contributed by atoms with E-state index in [0.717, 1.165) is 11.1 Å². The van der Waals surface area contributed by atoms with Crippen molar-refractivity contribution in [3.63, 3.8) is 0 Å². The summed E-state index contributed by atoms with van der Waals surface area (Å²) in [7, 11) is 0. The Kier molecular flexibility index (Phi) is 4.15. The first-order valence-corrected chi connectivity index (χ1v) is 6.27. The summed E-state index contributed by atoms with van der Waals surface area (Å²) in [4.78, 5) is 23.0. The molecular formula is C16H15NO3. The van der Waals surface area contributed by atoms with Gasteiger partial charge in [-0.25, -0.2) is 0 Å². The van der Waals surface area contributed by atoms with E-state index in [4.69, 9.17) is 5.11 Å². The monoisotopic (exact) mass is 269 g/mol. The van der Waals surface area contributed by atoms with Gasteiger partial charge in [-0.2, -0.15) is 0 Å². The Balaban J connectivity index is 2.33. The molecule has 4 heteroatoms. The lowest BCUT2D eigenvalue weighted by atomic mass is 9.99. The second-order valence-electron chi connectivity index (χ2n) is 4.44. The fraction of sp³-hybridized carbons (Fsp3) is 0.125. The third-order valence-corrected chi connectivity index (χ3v) is 2.97. The van der Waals surface area contributed by atoms with Crippen LogP contribution in [0.4, 0.5) is 0 Å². The lowest BCUT2D eigenvalue weighted by Crippen LogP contribution is -2.38. The Labute approximate surface area is 117 Å². The molecule has 0 aliphatic heterocycles. The molecule has 0 saturated heterocycles. The Morgan fingerprint density at radius 1 is 1.00 bits per heavy atom. The van der Waals surface area contributed by atoms with E-state index in [1.807, 2.05) is 42.5 Å². The zero-order valence-electron chi connectivity index (χ0n) is 11.0. The van der Waals surface area contributed by atoms with E-state index >= 15 is 0 Å². The van der Waals surface area contributed by atoms with Crippen LogP contribution in [0.15, 0.2) is 54.6 Å². The van der Waals surface area contributed by atoms with Gasteiger partial charge in [0.25, 0.3) is 5.91 Å². The highest BCUT2D eigenvalue weighted by atomic mass is 16.4. The number of nitrogens with one attached hydrogen (secondary N) is 1. The van der Waals surface area contributed by atoms with Gasteiger partial charge in [-0.1, -0.05) is 48.5 Å². The predicted molar refractivity (Wildman–Crippen MR) is 76.4 cm³/mol. The molecule has 0 radical (unpaired) electrons. The number of carbonyl (C=O) groups is 2. The summed E-state index contributed by atoms with van der Waals surface area (Å²) in [5.41, 5.74) is 2.16. The van der Waals surface area contributed by atoms with Gasteiger partial charge >= 0.3 is 5.97 Å². The molecule has 1 atom stereocenters. The number of hydrogen-bond donors (Lipinski definition) is 2. The lowest BCUT2D eigenvalue weighted by Gasteiger charge is -2.12. The summed E-state index contributed by atoms with van der Waals surface area (Å²) < 4.78 is 0.